The van der Waals surface area contributed by atoms with Gasteiger partial charge in [0, 0.05) is 35.8 Å². The molecular formula is C33H41F2N3O5S2. The van der Waals surface area contributed by atoms with Crippen LogP contribution in [0.3, 0.4) is 0 Å². The summed E-state index contributed by atoms with van der Waals surface area (Å²) < 4.78 is 33.4. The zero-order chi connectivity index (χ0) is 32.4. The molecular weight excluding hydrogens is 621 g/mol. The second kappa shape index (κ2) is 16.7. The summed E-state index contributed by atoms with van der Waals surface area (Å²) in [5.74, 6) is 1.89. The fourth-order valence-corrected chi connectivity index (χ4v) is 7.47. The normalized spacial score (nSPS) is 19.0. The summed E-state index contributed by atoms with van der Waals surface area (Å²) in [6.07, 6.45) is 2.12. The molecule has 45 heavy (non-hydrogen) atoms. The van der Waals surface area contributed by atoms with Crippen molar-refractivity contribution in [2.45, 2.75) is 81.1 Å². The summed E-state index contributed by atoms with van der Waals surface area (Å²) in [5.41, 5.74) is 1.20. The first-order valence-corrected chi connectivity index (χ1v) is 17.2. The molecule has 2 heterocycles. The quantitative estimate of drug-likeness (QED) is 0.162. The van der Waals surface area contributed by atoms with Crippen molar-refractivity contribution >= 4 is 35.2 Å². The summed E-state index contributed by atoms with van der Waals surface area (Å²) in [6.45, 7) is 3.74. The molecule has 12 heteroatoms. The van der Waals surface area contributed by atoms with Gasteiger partial charge >= 0.3 is 5.69 Å². The number of benzene rings is 2. The largest absolute Gasteiger partial charge is 0.394 e. The van der Waals surface area contributed by atoms with Crippen LogP contribution in [0, 0.1) is 17.0 Å². The Kier molecular flexibility index (Phi) is 13.0. The number of anilines is 1. The van der Waals surface area contributed by atoms with Gasteiger partial charge in [-0.25, -0.2) is 13.6 Å². The Hall–Kier alpha value is -2.77. The number of ether oxygens (including phenoxy) is 1. The Morgan fingerprint density at radius 2 is 1.71 bits per heavy atom. The number of rotatable bonds is 16. The molecule has 1 aliphatic rings. The van der Waals surface area contributed by atoms with Crippen LogP contribution in [0.4, 0.5) is 14.6 Å². The first kappa shape index (κ1) is 35.1. The molecule has 0 saturated carbocycles. The van der Waals surface area contributed by atoms with Crippen molar-refractivity contribution in [2.24, 2.45) is 5.41 Å². The molecule has 4 atom stereocenters. The van der Waals surface area contributed by atoms with E-state index in [1.54, 1.807) is 36.0 Å². The van der Waals surface area contributed by atoms with Gasteiger partial charge in [0.05, 0.1) is 12.7 Å². The molecule has 2 aromatic carbocycles. The number of aliphatic hydroxyl groups excluding tert-OH is 2. The van der Waals surface area contributed by atoms with E-state index < -0.39 is 24.1 Å². The van der Waals surface area contributed by atoms with Crippen LogP contribution in [0.5, 0.6) is 0 Å². The zero-order valence-corrected chi connectivity index (χ0v) is 27.2. The van der Waals surface area contributed by atoms with Crippen molar-refractivity contribution in [1.29, 1.82) is 0 Å². The lowest BCUT2D eigenvalue weighted by Crippen LogP contribution is -2.29. The molecule has 1 amide bonds. The SMILES string of the molecule is CC(C)(CCC(CCSCc1ccc(F)cc1)SCc1ccc(F)cc1)CC(=O)Nc1ccn([C@H]2CC(O)[C@@H](CO)O2)c(=O)n1. The molecule has 3 N–H and O–H groups in total. The number of hydrogen-bond donors (Lipinski definition) is 3. The van der Waals surface area contributed by atoms with Crippen molar-refractivity contribution in [3.63, 3.8) is 0 Å². The third-order valence-electron chi connectivity index (χ3n) is 7.74. The molecule has 1 fully saturated rings. The van der Waals surface area contributed by atoms with Crippen molar-refractivity contribution < 1.29 is 28.5 Å². The smallest absolute Gasteiger partial charge is 0.351 e. The molecule has 8 nitrogen and oxygen atoms in total. The Balaban J connectivity index is 1.28. The van der Waals surface area contributed by atoms with Crippen molar-refractivity contribution in [1.82, 2.24) is 9.55 Å². The van der Waals surface area contributed by atoms with E-state index >= 15 is 0 Å². The predicted octanol–water partition coefficient (Wildman–Crippen LogP) is 5.92. The van der Waals surface area contributed by atoms with Crippen LogP contribution in [0.25, 0.3) is 0 Å². The van der Waals surface area contributed by atoms with Crippen molar-refractivity contribution in [3.8, 4) is 0 Å². The van der Waals surface area contributed by atoms with E-state index in [4.69, 9.17) is 4.74 Å². The third-order valence-corrected chi connectivity index (χ3v) is 10.2. The van der Waals surface area contributed by atoms with Gasteiger partial charge < -0.3 is 20.3 Å². The van der Waals surface area contributed by atoms with Crippen LogP contribution in [-0.4, -0.2) is 55.5 Å². The molecule has 0 radical (unpaired) electrons. The van der Waals surface area contributed by atoms with E-state index in [1.165, 1.54) is 41.1 Å². The molecule has 4 rings (SSSR count). The fourth-order valence-electron chi connectivity index (χ4n) is 5.10. The van der Waals surface area contributed by atoms with E-state index in [-0.39, 0.29) is 48.2 Å². The zero-order valence-electron chi connectivity index (χ0n) is 25.5. The number of aliphatic hydroxyl groups is 2. The summed E-state index contributed by atoms with van der Waals surface area (Å²) >= 11 is 3.64. The molecule has 3 aromatic rings. The van der Waals surface area contributed by atoms with E-state index in [0.717, 1.165) is 47.6 Å². The minimum absolute atomic E-state index is 0.139. The standard InChI is InChI=1S/C33H41F2N3O5S2/c1-33(2,18-30(41)36-29-12-15-38(32(42)37-29)31-17-27(40)28(19-39)43-31)14-11-26(45-21-23-5-9-25(35)10-6-23)13-16-44-20-22-3-7-24(34)8-4-22/h3-10,12,15,26-28,31,39-40H,11,13-14,16-21H2,1-2H3,(H,36,37,41,42)/t26?,27?,28-,31-/m1/s1. The minimum Gasteiger partial charge on any atom is -0.394 e. The van der Waals surface area contributed by atoms with Crippen LogP contribution in [0.2, 0.25) is 0 Å². The number of nitrogens with zero attached hydrogens (tertiary/aromatic N) is 2. The Morgan fingerprint density at radius 3 is 2.31 bits per heavy atom. The van der Waals surface area contributed by atoms with Crippen molar-refractivity contribution in [2.75, 3.05) is 17.7 Å². The van der Waals surface area contributed by atoms with Gasteiger partial charge in [0.1, 0.15) is 29.8 Å². The van der Waals surface area contributed by atoms with E-state index in [9.17, 15) is 28.6 Å². The van der Waals surface area contributed by atoms with Crippen LogP contribution in [-0.2, 0) is 21.0 Å². The number of carbonyl (C=O) groups is 1. The average molecular weight is 662 g/mol. The summed E-state index contributed by atoms with van der Waals surface area (Å²) in [5, 5.41) is 22.3. The molecule has 1 saturated heterocycles. The predicted molar refractivity (Wildman–Crippen MR) is 175 cm³/mol. The first-order valence-electron chi connectivity index (χ1n) is 15.0. The summed E-state index contributed by atoms with van der Waals surface area (Å²) in [7, 11) is 0. The lowest BCUT2D eigenvalue weighted by Gasteiger charge is -2.27. The van der Waals surface area contributed by atoms with Gasteiger partial charge in [0.15, 0.2) is 0 Å². The Labute approximate surface area is 271 Å². The number of hydrogen-bond acceptors (Lipinski definition) is 8. The molecule has 1 aromatic heterocycles. The maximum atomic E-state index is 13.4. The first-order chi connectivity index (χ1) is 21.5. The van der Waals surface area contributed by atoms with E-state index in [0.29, 0.717) is 5.25 Å². The van der Waals surface area contributed by atoms with Gasteiger partial charge in [0.2, 0.25) is 5.91 Å². The Morgan fingerprint density at radius 1 is 1.07 bits per heavy atom. The summed E-state index contributed by atoms with van der Waals surface area (Å²) in [4.78, 5) is 29.5. The lowest BCUT2D eigenvalue weighted by atomic mass is 9.83. The number of halogens is 2. The molecule has 1 aliphatic heterocycles. The van der Waals surface area contributed by atoms with Gasteiger partial charge in [-0.1, -0.05) is 38.1 Å². The Bertz CT molecular complexity index is 1440. The second-order valence-corrected chi connectivity index (χ2v) is 14.5. The average Bonchev–Trinajstić information content (AvgIpc) is 3.37. The number of carbonyl (C=O) groups excluding carboxylic acids is 1. The van der Waals surface area contributed by atoms with Gasteiger partial charge in [-0.2, -0.15) is 28.5 Å². The highest BCUT2D eigenvalue weighted by atomic mass is 32.2. The highest BCUT2D eigenvalue weighted by Gasteiger charge is 2.35. The monoisotopic (exact) mass is 661 g/mol. The van der Waals surface area contributed by atoms with E-state index in [1.807, 2.05) is 25.6 Å². The van der Waals surface area contributed by atoms with Crippen LogP contribution in [0.15, 0.2) is 65.6 Å². The van der Waals surface area contributed by atoms with E-state index in [2.05, 4.69) is 10.3 Å². The van der Waals surface area contributed by atoms with Crippen LogP contribution < -0.4 is 11.0 Å². The third kappa shape index (κ3) is 11.2. The second-order valence-electron chi connectivity index (χ2n) is 12.1. The molecule has 0 aliphatic carbocycles. The fraction of sp³-hybridized carbons (Fsp3) is 0.485. The molecule has 244 valence electrons. The number of nitrogens with one attached hydrogen (secondary N) is 1. The lowest BCUT2D eigenvalue weighted by molar-refractivity contribution is -0.118. The number of amides is 1. The topological polar surface area (TPSA) is 114 Å². The van der Waals surface area contributed by atoms with Crippen molar-refractivity contribution in [3.05, 3.63) is 94.0 Å². The highest BCUT2D eigenvalue weighted by Crippen LogP contribution is 2.34. The summed E-state index contributed by atoms with van der Waals surface area (Å²) in [6, 6.07) is 14.6. The van der Waals surface area contributed by atoms with Gasteiger partial charge in [-0.15, -0.1) is 0 Å². The highest BCUT2D eigenvalue weighted by molar-refractivity contribution is 7.99. The van der Waals surface area contributed by atoms with Crippen LogP contribution >= 0.6 is 23.5 Å². The molecule has 2 unspecified atom stereocenters. The van der Waals surface area contributed by atoms with Gasteiger partial charge in [-0.05, 0) is 71.9 Å². The number of aromatic nitrogens is 2. The van der Waals surface area contributed by atoms with Gasteiger partial charge in [-0.3, -0.25) is 9.36 Å². The maximum absolute atomic E-state index is 13.4. The van der Waals surface area contributed by atoms with Gasteiger partial charge in [0.25, 0.3) is 0 Å². The minimum atomic E-state index is -0.880. The van der Waals surface area contributed by atoms with Crippen LogP contribution in [0.1, 0.15) is 63.3 Å². The number of thioether (sulfide) groups is 2. The molecule has 0 bridgehead atoms. The molecule has 0 spiro atoms. The maximum Gasteiger partial charge on any atom is 0.351 e.